The Balaban J connectivity index is 2.04. The van der Waals surface area contributed by atoms with Crippen LogP contribution in [0.2, 0.25) is 0 Å². The second-order valence-electron chi connectivity index (χ2n) is 4.35. The Hall–Kier alpha value is -1.25. The molecule has 0 radical (unpaired) electrons. The van der Waals surface area contributed by atoms with Crippen molar-refractivity contribution in [3.8, 4) is 0 Å². The molecule has 3 nitrogen and oxygen atoms in total. The van der Waals surface area contributed by atoms with E-state index < -0.39 is 0 Å². The molecule has 2 unspecified atom stereocenters. The summed E-state index contributed by atoms with van der Waals surface area (Å²) in [5, 5.41) is 3.39. The second-order valence-corrected chi connectivity index (χ2v) is 4.35. The molecule has 1 aromatic heterocycles. The van der Waals surface area contributed by atoms with Gasteiger partial charge in [0.25, 0.3) is 0 Å². The molecule has 3 N–H and O–H groups in total. The minimum absolute atomic E-state index is 0.448. The van der Waals surface area contributed by atoms with Gasteiger partial charge in [0.1, 0.15) is 5.82 Å². The van der Waals surface area contributed by atoms with Gasteiger partial charge in [0.05, 0.1) is 5.69 Å². The molecule has 0 saturated heterocycles. The molecule has 1 aromatic rings. The van der Waals surface area contributed by atoms with Gasteiger partial charge in [0.15, 0.2) is 0 Å². The van der Waals surface area contributed by atoms with Gasteiger partial charge in [-0.1, -0.05) is 13.8 Å². The summed E-state index contributed by atoms with van der Waals surface area (Å²) in [4.78, 5) is 4.22. The average molecular weight is 191 g/mol. The molecule has 3 heteroatoms. The zero-order valence-electron chi connectivity index (χ0n) is 8.75. The summed E-state index contributed by atoms with van der Waals surface area (Å²) >= 11 is 0. The first-order valence-electron chi connectivity index (χ1n) is 5.13. The molecule has 0 bridgehead atoms. The maximum atomic E-state index is 5.80. The molecule has 0 spiro atoms. The van der Waals surface area contributed by atoms with E-state index in [1.54, 1.807) is 6.20 Å². The monoisotopic (exact) mass is 191 g/mol. The van der Waals surface area contributed by atoms with Crippen molar-refractivity contribution in [2.75, 3.05) is 11.1 Å². The Morgan fingerprint density at radius 1 is 1.71 bits per heavy atom. The summed E-state index contributed by atoms with van der Waals surface area (Å²) < 4.78 is 0. The highest BCUT2D eigenvalue weighted by molar-refractivity contribution is 5.61. The van der Waals surface area contributed by atoms with Gasteiger partial charge >= 0.3 is 0 Å². The Morgan fingerprint density at radius 2 is 2.50 bits per heavy atom. The number of hydrogen-bond acceptors (Lipinski definition) is 3. The zero-order valence-corrected chi connectivity index (χ0v) is 8.75. The van der Waals surface area contributed by atoms with Gasteiger partial charge in [-0.15, -0.1) is 0 Å². The van der Waals surface area contributed by atoms with Crippen molar-refractivity contribution in [2.24, 2.45) is 5.41 Å². The third-order valence-corrected chi connectivity index (χ3v) is 3.31. The van der Waals surface area contributed by atoms with Crippen LogP contribution in [-0.4, -0.2) is 11.0 Å². The van der Waals surface area contributed by atoms with E-state index in [4.69, 9.17) is 5.73 Å². The number of nitrogens with two attached hydrogens (primary N) is 1. The standard InChI is InChI=1S/C11H17N3/c1-3-11(2)7-9(11)14-10-8(12)5-4-6-13-10/h4-6,9H,3,7,12H2,1-2H3,(H,13,14). The Kier molecular flexibility index (Phi) is 2.10. The normalized spacial score (nSPS) is 30.0. The Morgan fingerprint density at radius 3 is 3.07 bits per heavy atom. The number of pyridine rings is 1. The molecule has 1 aliphatic carbocycles. The van der Waals surface area contributed by atoms with E-state index in [1.165, 1.54) is 12.8 Å². The fourth-order valence-corrected chi connectivity index (χ4v) is 1.73. The molecule has 2 atom stereocenters. The first-order valence-corrected chi connectivity index (χ1v) is 5.13. The topological polar surface area (TPSA) is 50.9 Å². The van der Waals surface area contributed by atoms with Crippen LogP contribution in [0.25, 0.3) is 0 Å². The van der Waals surface area contributed by atoms with Crippen molar-refractivity contribution >= 4 is 11.5 Å². The summed E-state index contributed by atoms with van der Waals surface area (Å²) in [6, 6.07) is 4.28. The minimum atomic E-state index is 0.448. The number of hydrogen-bond donors (Lipinski definition) is 2. The first kappa shape index (κ1) is 9.31. The minimum Gasteiger partial charge on any atom is -0.396 e. The molecule has 1 heterocycles. The predicted molar refractivity (Wildman–Crippen MR) is 59.1 cm³/mol. The summed E-state index contributed by atoms with van der Waals surface area (Å²) in [6.07, 6.45) is 4.20. The summed E-state index contributed by atoms with van der Waals surface area (Å²) in [5.41, 5.74) is 6.98. The molecule has 1 aliphatic rings. The fourth-order valence-electron chi connectivity index (χ4n) is 1.73. The van der Waals surface area contributed by atoms with Gasteiger partial charge in [0, 0.05) is 12.2 Å². The molecule has 1 fully saturated rings. The van der Waals surface area contributed by atoms with Crippen LogP contribution in [0.5, 0.6) is 0 Å². The smallest absolute Gasteiger partial charge is 0.149 e. The van der Waals surface area contributed by atoms with Gasteiger partial charge in [-0.25, -0.2) is 4.98 Å². The molecule has 0 amide bonds. The van der Waals surface area contributed by atoms with Crippen molar-refractivity contribution in [1.82, 2.24) is 4.98 Å². The van der Waals surface area contributed by atoms with Crippen LogP contribution < -0.4 is 11.1 Å². The lowest BCUT2D eigenvalue weighted by molar-refractivity contribution is 0.535. The highest BCUT2D eigenvalue weighted by atomic mass is 15.1. The maximum absolute atomic E-state index is 5.80. The van der Waals surface area contributed by atoms with Crippen LogP contribution in [-0.2, 0) is 0 Å². The van der Waals surface area contributed by atoms with E-state index in [0.717, 1.165) is 11.5 Å². The van der Waals surface area contributed by atoms with Gasteiger partial charge in [-0.05, 0) is 30.4 Å². The van der Waals surface area contributed by atoms with E-state index in [1.807, 2.05) is 12.1 Å². The van der Waals surface area contributed by atoms with E-state index in [2.05, 4.69) is 24.1 Å². The quantitative estimate of drug-likeness (QED) is 0.770. The van der Waals surface area contributed by atoms with E-state index in [-0.39, 0.29) is 0 Å². The number of nitrogen functional groups attached to an aromatic ring is 1. The lowest BCUT2D eigenvalue weighted by atomic mass is 10.1. The van der Waals surface area contributed by atoms with E-state index in [0.29, 0.717) is 11.5 Å². The molecule has 0 aliphatic heterocycles. The Bertz CT molecular complexity index is 337. The van der Waals surface area contributed by atoms with Gasteiger partial charge in [-0.3, -0.25) is 0 Å². The van der Waals surface area contributed by atoms with E-state index >= 15 is 0 Å². The van der Waals surface area contributed by atoms with Crippen LogP contribution >= 0.6 is 0 Å². The number of anilines is 2. The Labute approximate surface area is 84.7 Å². The van der Waals surface area contributed by atoms with Crippen LogP contribution in [0.4, 0.5) is 11.5 Å². The molecule has 14 heavy (non-hydrogen) atoms. The van der Waals surface area contributed by atoms with Gasteiger partial charge in [-0.2, -0.15) is 0 Å². The highest BCUT2D eigenvalue weighted by Gasteiger charge is 2.48. The molecular formula is C11H17N3. The summed E-state index contributed by atoms with van der Waals surface area (Å²) in [7, 11) is 0. The largest absolute Gasteiger partial charge is 0.396 e. The van der Waals surface area contributed by atoms with Crippen LogP contribution in [0.3, 0.4) is 0 Å². The van der Waals surface area contributed by atoms with Crippen molar-refractivity contribution in [1.29, 1.82) is 0 Å². The number of nitrogens with zero attached hydrogens (tertiary/aromatic N) is 1. The highest BCUT2D eigenvalue weighted by Crippen LogP contribution is 2.50. The lowest BCUT2D eigenvalue weighted by Crippen LogP contribution is -2.12. The van der Waals surface area contributed by atoms with Gasteiger partial charge in [0.2, 0.25) is 0 Å². The molecular weight excluding hydrogens is 174 g/mol. The second kappa shape index (κ2) is 3.15. The summed E-state index contributed by atoms with van der Waals surface area (Å²) in [5.74, 6) is 0.828. The van der Waals surface area contributed by atoms with Crippen molar-refractivity contribution < 1.29 is 0 Å². The van der Waals surface area contributed by atoms with E-state index in [9.17, 15) is 0 Å². The molecule has 76 valence electrons. The third kappa shape index (κ3) is 1.54. The predicted octanol–water partition coefficient (Wildman–Crippen LogP) is 2.26. The average Bonchev–Trinajstić information content (AvgIpc) is 2.82. The van der Waals surface area contributed by atoms with Crippen molar-refractivity contribution in [2.45, 2.75) is 32.7 Å². The van der Waals surface area contributed by atoms with Crippen molar-refractivity contribution in [3.05, 3.63) is 18.3 Å². The zero-order chi connectivity index (χ0) is 10.2. The molecule has 0 aromatic carbocycles. The molecule has 2 rings (SSSR count). The van der Waals surface area contributed by atoms with Crippen LogP contribution in [0.15, 0.2) is 18.3 Å². The number of rotatable bonds is 3. The van der Waals surface area contributed by atoms with Crippen LogP contribution in [0, 0.1) is 5.41 Å². The molecule has 1 saturated carbocycles. The van der Waals surface area contributed by atoms with Crippen LogP contribution in [0.1, 0.15) is 26.7 Å². The summed E-state index contributed by atoms with van der Waals surface area (Å²) in [6.45, 7) is 4.52. The number of aromatic nitrogens is 1. The van der Waals surface area contributed by atoms with Crippen molar-refractivity contribution in [3.63, 3.8) is 0 Å². The lowest BCUT2D eigenvalue weighted by Gasteiger charge is -2.10. The third-order valence-electron chi connectivity index (χ3n) is 3.31. The number of nitrogens with one attached hydrogen (secondary N) is 1. The first-order chi connectivity index (χ1) is 6.65. The maximum Gasteiger partial charge on any atom is 0.149 e. The SMILES string of the molecule is CCC1(C)CC1Nc1ncccc1N. The van der Waals surface area contributed by atoms with Gasteiger partial charge < -0.3 is 11.1 Å². The fraction of sp³-hybridized carbons (Fsp3) is 0.545.